The summed E-state index contributed by atoms with van der Waals surface area (Å²) >= 11 is 1.14. The van der Waals surface area contributed by atoms with Crippen molar-refractivity contribution in [3.05, 3.63) is 51.8 Å². The first-order chi connectivity index (χ1) is 11.0. The van der Waals surface area contributed by atoms with Crippen LogP contribution in [0.3, 0.4) is 0 Å². The summed E-state index contributed by atoms with van der Waals surface area (Å²) in [5.41, 5.74) is 7.49. The van der Waals surface area contributed by atoms with Gasteiger partial charge in [0.1, 0.15) is 5.82 Å². The topological polar surface area (TPSA) is 101 Å². The van der Waals surface area contributed by atoms with E-state index < -0.39 is 0 Å². The van der Waals surface area contributed by atoms with Crippen LogP contribution in [0.25, 0.3) is 0 Å². The molecule has 7 heteroatoms. The van der Waals surface area contributed by atoms with Crippen LogP contribution in [0.2, 0.25) is 0 Å². The molecule has 0 fully saturated rings. The summed E-state index contributed by atoms with van der Waals surface area (Å²) in [7, 11) is 0. The number of H-pyrrole nitrogens is 1. The van der Waals surface area contributed by atoms with Gasteiger partial charge in [0.15, 0.2) is 5.16 Å². The Morgan fingerprint density at radius 2 is 2.09 bits per heavy atom. The maximum absolute atomic E-state index is 12.0. The van der Waals surface area contributed by atoms with Gasteiger partial charge in [-0.05, 0) is 24.5 Å². The molecule has 0 spiro atoms. The number of aromatic amines is 1. The second kappa shape index (κ2) is 7.82. The standard InChI is InChI=1S/C16H20N4O2S/c1-3-11-4-6-12(7-5-11)10(2)18-15(22)9-23-16-19-13(17)8-14(21)20-16/h4-8,10H,3,9H2,1-2H3,(H,18,22)(H3,17,19,20,21)/t10-/m1/s1. The van der Waals surface area contributed by atoms with Crippen molar-refractivity contribution in [3.8, 4) is 0 Å². The summed E-state index contributed by atoms with van der Waals surface area (Å²) < 4.78 is 0. The molecule has 1 atom stereocenters. The third-order valence-electron chi connectivity index (χ3n) is 3.35. The number of thioether (sulfide) groups is 1. The van der Waals surface area contributed by atoms with Crippen LogP contribution in [-0.4, -0.2) is 21.6 Å². The van der Waals surface area contributed by atoms with E-state index in [0.717, 1.165) is 23.7 Å². The molecule has 0 bridgehead atoms. The molecule has 0 radical (unpaired) electrons. The van der Waals surface area contributed by atoms with Gasteiger partial charge < -0.3 is 16.0 Å². The van der Waals surface area contributed by atoms with Crippen molar-refractivity contribution >= 4 is 23.5 Å². The van der Waals surface area contributed by atoms with Crippen molar-refractivity contribution in [2.45, 2.75) is 31.5 Å². The van der Waals surface area contributed by atoms with Crippen LogP contribution in [0.4, 0.5) is 5.82 Å². The van der Waals surface area contributed by atoms with Crippen LogP contribution in [0.15, 0.2) is 40.3 Å². The fourth-order valence-corrected chi connectivity index (χ4v) is 2.76. The molecule has 2 rings (SSSR count). The molecule has 0 unspecified atom stereocenters. The van der Waals surface area contributed by atoms with E-state index in [1.54, 1.807) is 0 Å². The van der Waals surface area contributed by atoms with E-state index in [1.807, 2.05) is 19.1 Å². The second-order valence-electron chi connectivity index (χ2n) is 5.15. The number of carbonyl (C=O) groups excluding carboxylic acids is 1. The van der Waals surface area contributed by atoms with Gasteiger partial charge in [-0.1, -0.05) is 43.0 Å². The predicted octanol–water partition coefficient (Wildman–Crippen LogP) is 1.88. The van der Waals surface area contributed by atoms with Crippen LogP contribution in [0.5, 0.6) is 0 Å². The minimum absolute atomic E-state index is 0.0816. The van der Waals surface area contributed by atoms with Gasteiger partial charge in [-0.15, -0.1) is 0 Å². The largest absolute Gasteiger partial charge is 0.383 e. The highest BCUT2D eigenvalue weighted by Gasteiger charge is 2.11. The van der Waals surface area contributed by atoms with Gasteiger partial charge in [-0.2, -0.15) is 0 Å². The van der Waals surface area contributed by atoms with E-state index in [2.05, 4.69) is 34.3 Å². The van der Waals surface area contributed by atoms with Crippen LogP contribution < -0.4 is 16.6 Å². The number of nitrogens with one attached hydrogen (secondary N) is 2. The average Bonchev–Trinajstić information content (AvgIpc) is 2.52. The molecule has 2 aromatic rings. The van der Waals surface area contributed by atoms with E-state index in [0.29, 0.717) is 5.16 Å². The zero-order valence-electron chi connectivity index (χ0n) is 13.1. The number of nitrogen functional groups attached to an aromatic ring is 1. The number of benzene rings is 1. The third-order valence-corrected chi connectivity index (χ3v) is 4.22. The number of aromatic nitrogens is 2. The van der Waals surface area contributed by atoms with Crippen molar-refractivity contribution in [1.82, 2.24) is 15.3 Å². The zero-order chi connectivity index (χ0) is 16.8. The van der Waals surface area contributed by atoms with Gasteiger partial charge in [0.25, 0.3) is 5.56 Å². The van der Waals surface area contributed by atoms with E-state index >= 15 is 0 Å². The summed E-state index contributed by atoms with van der Waals surface area (Å²) in [5.74, 6) is 0.164. The first-order valence-electron chi connectivity index (χ1n) is 7.35. The van der Waals surface area contributed by atoms with E-state index in [1.165, 1.54) is 11.6 Å². The highest BCUT2D eigenvalue weighted by atomic mass is 32.2. The molecular formula is C16H20N4O2S. The van der Waals surface area contributed by atoms with Crippen LogP contribution in [0, 0.1) is 0 Å². The highest BCUT2D eigenvalue weighted by molar-refractivity contribution is 7.99. The van der Waals surface area contributed by atoms with Crippen molar-refractivity contribution in [2.75, 3.05) is 11.5 Å². The Kier molecular flexibility index (Phi) is 5.81. The predicted molar refractivity (Wildman–Crippen MR) is 92.4 cm³/mol. The lowest BCUT2D eigenvalue weighted by Crippen LogP contribution is -2.28. The molecule has 0 aliphatic heterocycles. The fraction of sp³-hybridized carbons (Fsp3) is 0.312. The lowest BCUT2D eigenvalue weighted by molar-refractivity contribution is -0.119. The third kappa shape index (κ3) is 5.14. The number of hydrogen-bond donors (Lipinski definition) is 3. The van der Waals surface area contributed by atoms with Crippen molar-refractivity contribution in [2.24, 2.45) is 0 Å². The first kappa shape index (κ1) is 17.1. The second-order valence-corrected chi connectivity index (χ2v) is 6.11. The molecule has 0 saturated heterocycles. The van der Waals surface area contributed by atoms with E-state index in [-0.39, 0.29) is 29.1 Å². The summed E-state index contributed by atoms with van der Waals surface area (Å²) in [6.45, 7) is 4.04. The smallest absolute Gasteiger partial charge is 0.253 e. The summed E-state index contributed by atoms with van der Waals surface area (Å²) in [4.78, 5) is 29.8. The Labute approximate surface area is 138 Å². The number of nitrogens with two attached hydrogens (primary N) is 1. The number of anilines is 1. The molecule has 1 amide bonds. The number of hydrogen-bond acceptors (Lipinski definition) is 5. The molecule has 1 heterocycles. The Bertz CT molecular complexity index is 728. The SMILES string of the molecule is CCc1ccc([C@@H](C)NC(=O)CSc2nc(N)cc(=O)[nH]2)cc1. The van der Waals surface area contributed by atoms with Gasteiger partial charge in [-0.25, -0.2) is 4.98 Å². The van der Waals surface area contributed by atoms with Crippen molar-refractivity contribution in [1.29, 1.82) is 0 Å². The summed E-state index contributed by atoms with van der Waals surface area (Å²) in [6.07, 6.45) is 0.989. The number of carbonyl (C=O) groups is 1. The Morgan fingerprint density at radius 3 is 2.70 bits per heavy atom. The minimum atomic E-state index is -0.329. The number of rotatable bonds is 6. The molecule has 1 aromatic heterocycles. The lowest BCUT2D eigenvalue weighted by atomic mass is 10.1. The zero-order valence-corrected chi connectivity index (χ0v) is 13.9. The first-order valence-corrected chi connectivity index (χ1v) is 8.34. The highest BCUT2D eigenvalue weighted by Crippen LogP contribution is 2.15. The van der Waals surface area contributed by atoms with Gasteiger partial charge in [0.2, 0.25) is 5.91 Å². The lowest BCUT2D eigenvalue weighted by Gasteiger charge is -2.14. The van der Waals surface area contributed by atoms with Crippen LogP contribution in [-0.2, 0) is 11.2 Å². The monoisotopic (exact) mass is 332 g/mol. The molecule has 0 aliphatic rings. The quantitative estimate of drug-likeness (QED) is 0.554. The molecule has 0 saturated carbocycles. The number of aryl methyl sites for hydroxylation is 1. The Morgan fingerprint density at radius 1 is 1.39 bits per heavy atom. The molecule has 23 heavy (non-hydrogen) atoms. The Balaban J connectivity index is 1.89. The number of amides is 1. The molecule has 122 valence electrons. The van der Waals surface area contributed by atoms with Gasteiger partial charge >= 0.3 is 0 Å². The fourth-order valence-electron chi connectivity index (χ4n) is 2.06. The van der Waals surface area contributed by atoms with Gasteiger partial charge in [0, 0.05) is 6.07 Å². The van der Waals surface area contributed by atoms with Gasteiger partial charge in [0.05, 0.1) is 11.8 Å². The van der Waals surface area contributed by atoms with Crippen LogP contribution in [0.1, 0.15) is 31.0 Å². The van der Waals surface area contributed by atoms with Crippen molar-refractivity contribution in [3.63, 3.8) is 0 Å². The minimum Gasteiger partial charge on any atom is -0.383 e. The average molecular weight is 332 g/mol. The van der Waals surface area contributed by atoms with Crippen LogP contribution >= 0.6 is 11.8 Å². The molecule has 4 N–H and O–H groups in total. The molecule has 6 nitrogen and oxygen atoms in total. The summed E-state index contributed by atoms with van der Waals surface area (Å²) in [6, 6.07) is 9.29. The normalized spacial score (nSPS) is 11.9. The molecular weight excluding hydrogens is 312 g/mol. The van der Waals surface area contributed by atoms with Crippen molar-refractivity contribution < 1.29 is 4.79 Å². The van der Waals surface area contributed by atoms with E-state index in [9.17, 15) is 9.59 Å². The summed E-state index contributed by atoms with van der Waals surface area (Å²) in [5, 5.41) is 3.26. The maximum Gasteiger partial charge on any atom is 0.253 e. The number of nitrogens with zero attached hydrogens (tertiary/aromatic N) is 1. The molecule has 1 aromatic carbocycles. The molecule has 0 aliphatic carbocycles. The van der Waals surface area contributed by atoms with Gasteiger partial charge in [-0.3, -0.25) is 9.59 Å². The van der Waals surface area contributed by atoms with E-state index in [4.69, 9.17) is 5.73 Å². The maximum atomic E-state index is 12.0. The Hall–Kier alpha value is -2.28.